The normalized spacial score (nSPS) is 27.6. The molecule has 1 saturated heterocycles. The second-order valence-corrected chi connectivity index (χ2v) is 4.79. The van der Waals surface area contributed by atoms with Crippen LogP contribution in [-0.4, -0.2) is 35.3 Å². The number of likely N-dealkylation sites (tertiary alicyclic amines) is 1. The molecule has 0 aromatic heterocycles. The lowest BCUT2D eigenvalue weighted by Gasteiger charge is -2.37. The topological polar surface area (TPSA) is 89.4 Å². The molecular weight excluding hydrogens is 206 g/mol. The van der Waals surface area contributed by atoms with E-state index in [0.29, 0.717) is 5.92 Å². The van der Waals surface area contributed by atoms with Gasteiger partial charge in [0.2, 0.25) is 11.8 Å². The summed E-state index contributed by atoms with van der Waals surface area (Å²) in [6.45, 7) is 4.93. The average Bonchev–Trinajstić information content (AvgIpc) is 2.15. The first kappa shape index (κ1) is 13.0. The molecule has 1 fully saturated rings. The zero-order chi connectivity index (χ0) is 12.3. The van der Waals surface area contributed by atoms with Gasteiger partial charge in [-0.25, -0.2) is 0 Å². The molecule has 92 valence electrons. The molecule has 5 nitrogen and oxygen atoms in total. The van der Waals surface area contributed by atoms with Crippen molar-refractivity contribution in [1.82, 2.24) is 4.90 Å². The van der Waals surface area contributed by atoms with Crippen LogP contribution in [0.25, 0.3) is 0 Å². The van der Waals surface area contributed by atoms with E-state index in [2.05, 4.69) is 6.92 Å². The van der Waals surface area contributed by atoms with Gasteiger partial charge in [0.1, 0.15) is 0 Å². The Labute approximate surface area is 96.1 Å². The summed E-state index contributed by atoms with van der Waals surface area (Å²) in [5, 5.41) is 0. The van der Waals surface area contributed by atoms with Crippen LogP contribution in [0.1, 0.15) is 33.1 Å². The Balaban J connectivity index is 2.56. The Bertz CT molecular complexity index is 280. The minimum Gasteiger partial charge on any atom is -0.370 e. The summed E-state index contributed by atoms with van der Waals surface area (Å²) in [7, 11) is 0. The zero-order valence-corrected chi connectivity index (χ0v) is 9.98. The monoisotopic (exact) mass is 227 g/mol. The first-order chi connectivity index (χ1) is 7.41. The van der Waals surface area contributed by atoms with Gasteiger partial charge in [-0.05, 0) is 25.7 Å². The summed E-state index contributed by atoms with van der Waals surface area (Å²) in [4.78, 5) is 24.4. The Hall–Kier alpha value is -1.10. The fourth-order valence-corrected chi connectivity index (χ4v) is 2.25. The number of carbonyl (C=O) groups is 2. The van der Waals surface area contributed by atoms with Crippen molar-refractivity contribution in [3.05, 3.63) is 0 Å². The van der Waals surface area contributed by atoms with E-state index in [1.165, 1.54) is 0 Å². The molecule has 0 aromatic rings. The van der Waals surface area contributed by atoms with Crippen molar-refractivity contribution in [3.63, 3.8) is 0 Å². The van der Waals surface area contributed by atoms with E-state index in [0.717, 1.165) is 19.4 Å². The van der Waals surface area contributed by atoms with Crippen molar-refractivity contribution in [3.8, 4) is 0 Å². The molecule has 1 heterocycles. The summed E-state index contributed by atoms with van der Waals surface area (Å²) in [5.74, 6) is -0.0384. The van der Waals surface area contributed by atoms with Crippen molar-refractivity contribution < 1.29 is 9.59 Å². The number of hydrogen-bond donors (Lipinski definition) is 2. The number of primary amides is 1. The molecule has 1 aliphatic rings. The fraction of sp³-hybridized carbons (Fsp3) is 0.818. The van der Waals surface area contributed by atoms with Crippen LogP contribution >= 0.6 is 0 Å². The quantitative estimate of drug-likeness (QED) is 0.701. The molecule has 0 spiro atoms. The standard InChI is InChI=1S/C11H21N3O2/c1-7-3-4-14(8(2)5-7)11(16)9(12)6-10(13)15/h7-9H,3-6,12H2,1-2H3,(H2,13,15). The molecule has 5 heteroatoms. The van der Waals surface area contributed by atoms with Crippen molar-refractivity contribution in [2.45, 2.75) is 45.2 Å². The SMILES string of the molecule is CC1CCN(C(=O)C(N)CC(N)=O)C(C)C1. The molecule has 0 aliphatic carbocycles. The molecule has 4 N–H and O–H groups in total. The number of carbonyl (C=O) groups excluding carboxylic acids is 2. The summed E-state index contributed by atoms with van der Waals surface area (Å²) in [6, 6.07) is -0.580. The maximum absolute atomic E-state index is 11.9. The van der Waals surface area contributed by atoms with E-state index >= 15 is 0 Å². The van der Waals surface area contributed by atoms with Gasteiger partial charge < -0.3 is 16.4 Å². The molecule has 0 saturated carbocycles. The highest BCUT2D eigenvalue weighted by Crippen LogP contribution is 2.22. The molecule has 3 unspecified atom stereocenters. The smallest absolute Gasteiger partial charge is 0.240 e. The molecule has 1 rings (SSSR count). The van der Waals surface area contributed by atoms with Crippen molar-refractivity contribution >= 4 is 11.8 Å². The van der Waals surface area contributed by atoms with E-state index in [-0.39, 0.29) is 18.4 Å². The maximum Gasteiger partial charge on any atom is 0.240 e. The molecule has 0 bridgehead atoms. The van der Waals surface area contributed by atoms with Crippen LogP contribution in [0.5, 0.6) is 0 Å². The van der Waals surface area contributed by atoms with Crippen LogP contribution < -0.4 is 11.5 Å². The summed E-state index contributed by atoms with van der Waals surface area (Å²) >= 11 is 0. The van der Waals surface area contributed by atoms with Gasteiger partial charge >= 0.3 is 0 Å². The Morgan fingerprint density at radius 3 is 2.56 bits per heavy atom. The molecule has 0 aromatic carbocycles. The van der Waals surface area contributed by atoms with E-state index in [1.807, 2.05) is 6.92 Å². The van der Waals surface area contributed by atoms with Crippen LogP contribution in [0.3, 0.4) is 0 Å². The Morgan fingerprint density at radius 1 is 1.44 bits per heavy atom. The third kappa shape index (κ3) is 3.20. The second-order valence-electron chi connectivity index (χ2n) is 4.79. The minimum atomic E-state index is -0.784. The largest absolute Gasteiger partial charge is 0.370 e. The summed E-state index contributed by atoms with van der Waals surface area (Å²) < 4.78 is 0. The minimum absolute atomic E-state index is 0.0718. The predicted molar refractivity (Wildman–Crippen MR) is 61.4 cm³/mol. The number of piperidine rings is 1. The fourth-order valence-electron chi connectivity index (χ4n) is 2.25. The zero-order valence-electron chi connectivity index (χ0n) is 9.98. The van der Waals surface area contributed by atoms with Gasteiger partial charge in [0, 0.05) is 12.6 Å². The molecule has 3 atom stereocenters. The number of hydrogen-bond acceptors (Lipinski definition) is 3. The Morgan fingerprint density at radius 2 is 2.06 bits per heavy atom. The van der Waals surface area contributed by atoms with Gasteiger partial charge in [-0.1, -0.05) is 6.92 Å². The third-order valence-electron chi connectivity index (χ3n) is 3.16. The highest BCUT2D eigenvalue weighted by molar-refractivity contribution is 5.87. The van der Waals surface area contributed by atoms with Gasteiger partial charge in [0.05, 0.1) is 12.5 Å². The summed E-state index contributed by atoms with van der Waals surface area (Å²) in [5.41, 5.74) is 10.7. The van der Waals surface area contributed by atoms with Crippen LogP contribution in [0.15, 0.2) is 0 Å². The molecule has 1 aliphatic heterocycles. The van der Waals surface area contributed by atoms with E-state index < -0.39 is 11.9 Å². The highest BCUT2D eigenvalue weighted by atomic mass is 16.2. The molecular formula is C11H21N3O2. The van der Waals surface area contributed by atoms with Gasteiger partial charge in [-0.2, -0.15) is 0 Å². The van der Waals surface area contributed by atoms with Gasteiger partial charge in [0.25, 0.3) is 0 Å². The Kier molecular flexibility index (Phi) is 4.29. The van der Waals surface area contributed by atoms with Crippen LogP contribution in [-0.2, 0) is 9.59 Å². The highest BCUT2D eigenvalue weighted by Gasteiger charge is 2.30. The third-order valence-corrected chi connectivity index (χ3v) is 3.16. The molecule has 0 radical (unpaired) electrons. The van der Waals surface area contributed by atoms with Gasteiger partial charge in [-0.15, -0.1) is 0 Å². The van der Waals surface area contributed by atoms with Crippen LogP contribution in [0.2, 0.25) is 0 Å². The van der Waals surface area contributed by atoms with Gasteiger partial charge in [0.15, 0.2) is 0 Å². The lowest BCUT2D eigenvalue weighted by Crippen LogP contribution is -2.51. The average molecular weight is 227 g/mol. The molecule has 16 heavy (non-hydrogen) atoms. The van der Waals surface area contributed by atoms with Crippen LogP contribution in [0.4, 0.5) is 0 Å². The van der Waals surface area contributed by atoms with Crippen molar-refractivity contribution in [2.24, 2.45) is 17.4 Å². The number of rotatable bonds is 3. The lowest BCUT2D eigenvalue weighted by atomic mass is 9.92. The van der Waals surface area contributed by atoms with Crippen LogP contribution in [0, 0.1) is 5.92 Å². The van der Waals surface area contributed by atoms with E-state index in [9.17, 15) is 9.59 Å². The van der Waals surface area contributed by atoms with E-state index in [1.54, 1.807) is 4.90 Å². The number of nitrogens with zero attached hydrogens (tertiary/aromatic N) is 1. The second kappa shape index (κ2) is 5.30. The van der Waals surface area contributed by atoms with Gasteiger partial charge in [-0.3, -0.25) is 9.59 Å². The number of amides is 2. The lowest BCUT2D eigenvalue weighted by molar-refractivity contribution is -0.138. The predicted octanol–water partition coefficient (Wildman–Crippen LogP) is -0.164. The first-order valence-corrected chi connectivity index (χ1v) is 5.76. The number of nitrogens with two attached hydrogens (primary N) is 2. The van der Waals surface area contributed by atoms with E-state index in [4.69, 9.17) is 11.5 Å². The first-order valence-electron chi connectivity index (χ1n) is 5.76. The van der Waals surface area contributed by atoms with Crippen molar-refractivity contribution in [2.75, 3.05) is 6.54 Å². The maximum atomic E-state index is 11.9. The van der Waals surface area contributed by atoms with Crippen molar-refractivity contribution in [1.29, 1.82) is 0 Å². The molecule has 2 amide bonds. The summed E-state index contributed by atoms with van der Waals surface area (Å²) in [6.07, 6.45) is 1.92.